The minimum atomic E-state index is -2.46. The molecule has 0 radical (unpaired) electrons. The van der Waals surface area contributed by atoms with Crippen molar-refractivity contribution >= 4 is 33.8 Å². The van der Waals surface area contributed by atoms with Crippen molar-refractivity contribution in [3.63, 3.8) is 0 Å². The van der Waals surface area contributed by atoms with E-state index in [1.54, 1.807) is 63.3 Å². The third-order valence-corrected chi connectivity index (χ3v) is 9.03. The summed E-state index contributed by atoms with van der Waals surface area (Å²) in [7, 11) is 3.22. The molecule has 1 aromatic heterocycles. The van der Waals surface area contributed by atoms with Crippen molar-refractivity contribution in [2.45, 2.75) is 26.4 Å². The maximum atomic E-state index is 13.4. The second-order valence-electron chi connectivity index (χ2n) is 11.6. The zero-order chi connectivity index (χ0) is 33.8. The lowest BCUT2D eigenvalue weighted by atomic mass is 10.1. The molecule has 0 bridgehead atoms. The molecule has 0 saturated carbocycles. The smallest absolute Gasteiger partial charge is 0.331 e. The summed E-state index contributed by atoms with van der Waals surface area (Å²) < 4.78 is 30.9. The van der Waals surface area contributed by atoms with Crippen molar-refractivity contribution in [3.8, 4) is 17.6 Å². The number of aryl methyl sites for hydroxylation is 1. The minimum absolute atomic E-state index is 0.128. The van der Waals surface area contributed by atoms with Crippen LogP contribution in [0.3, 0.4) is 0 Å². The standard InChI is InChI=1S/C34H37N5O7S/c1-23(2)31(33(41)42)39(47(44)45)37-19-17-36(18-20-37)27-12-7-24(8-13-27)5-6-25-11-16-30-29(21-25)32(40)38(34(43)35(30)3)22-26-9-14-28(46-4)15-10-26/h7-16,21,23,31H,17-20,22H2,1-4H3,(H,41,42)(H,44,45). The Labute approximate surface area is 274 Å². The van der Waals surface area contributed by atoms with Gasteiger partial charge in [0.15, 0.2) is 0 Å². The molecule has 0 aliphatic carbocycles. The van der Waals surface area contributed by atoms with Gasteiger partial charge in [0.25, 0.3) is 5.56 Å². The quantitative estimate of drug-likeness (QED) is 0.205. The number of benzene rings is 3. The van der Waals surface area contributed by atoms with Crippen molar-refractivity contribution < 1.29 is 23.4 Å². The number of rotatable bonds is 9. The van der Waals surface area contributed by atoms with Crippen LogP contribution in [0.4, 0.5) is 5.69 Å². The van der Waals surface area contributed by atoms with Crippen molar-refractivity contribution in [2.24, 2.45) is 13.0 Å². The minimum Gasteiger partial charge on any atom is -0.497 e. The summed E-state index contributed by atoms with van der Waals surface area (Å²) in [4.78, 5) is 40.4. The van der Waals surface area contributed by atoms with Crippen molar-refractivity contribution in [3.05, 3.63) is 104 Å². The number of piperazine rings is 1. The van der Waals surface area contributed by atoms with Gasteiger partial charge in [0.2, 0.25) is 11.3 Å². The zero-order valence-corrected chi connectivity index (χ0v) is 27.4. The van der Waals surface area contributed by atoms with Gasteiger partial charge in [0.05, 0.1) is 24.6 Å². The summed E-state index contributed by atoms with van der Waals surface area (Å²) >= 11 is -2.46. The van der Waals surface area contributed by atoms with Crippen LogP contribution in [0.5, 0.6) is 5.75 Å². The maximum absolute atomic E-state index is 13.4. The first-order chi connectivity index (χ1) is 22.5. The molecule has 13 heteroatoms. The Balaban J connectivity index is 1.30. The average molecular weight is 660 g/mol. The van der Waals surface area contributed by atoms with Crippen molar-refractivity contribution in [1.29, 1.82) is 0 Å². The fourth-order valence-electron chi connectivity index (χ4n) is 5.70. The lowest BCUT2D eigenvalue weighted by Gasteiger charge is -2.42. The lowest BCUT2D eigenvalue weighted by molar-refractivity contribution is -0.148. The molecule has 2 heterocycles. The van der Waals surface area contributed by atoms with Crippen LogP contribution in [0.2, 0.25) is 0 Å². The topological polar surface area (TPSA) is 138 Å². The van der Waals surface area contributed by atoms with Crippen LogP contribution in [0.25, 0.3) is 10.9 Å². The molecule has 1 fully saturated rings. The average Bonchev–Trinajstić information content (AvgIpc) is 3.07. The first-order valence-corrected chi connectivity index (χ1v) is 16.2. The van der Waals surface area contributed by atoms with Gasteiger partial charge in [-0.2, -0.15) is 0 Å². The first-order valence-electron chi connectivity index (χ1n) is 15.1. The Kier molecular flexibility index (Phi) is 10.3. The Bertz CT molecular complexity index is 1970. The number of nitrogens with zero attached hydrogens (tertiary/aromatic N) is 5. The Hall–Kier alpha value is -4.74. The van der Waals surface area contributed by atoms with E-state index in [4.69, 9.17) is 4.74 Å². The summed E-state index contributed by atoms with van der Waals surface area (Å²) in [6.07, 6.45) is 0. The van der Waals surface area contributed by atoms with Crippen LogP contribution in [0.15, 0.2) is 76.3 Å². The fourth-order valence-corrected chi connectivity index (χ4v) is 6.59. The second-order valence-corrected chi connectivity index (χ2v) is 12.4. The number of anilines is 1. The SMILES string of the molecule is COc1ccc(Cn2c(=O)c3cc(C#Cc4ccc(N5CCN(N(C(C(=O)O)C(C)C)S(=O)O)CC5)cc4)ccc3n(C)c2=O)cc1. The predicted molar refractivity (Wildman–Crippen MR) is 181 cm³/mol. The molecule has 47 heavy (non-hydrogen) atoms. The monoisotopic (exact) mass is 659 g/mol. The van der Waals surface area contributed by atoms with E-state index in [9.17, 15) is 28.3 Å². The van der Waals surface area contributed by atoms with E-state index >= 15 is 0 Å². The first kappa shape index (κ1) is 33.6. The number of carbonyl (C=O) groups is 1. The molecule has 0 spiro atoms. The third-order valence-electron chi connectivity index (χ3n) is 8.25. The van der Waals surface area contributed by atoms with Gasteiger partial charge >= 0.3 is 11.7 Å². The number of hydrogen-bond acceptors (Lipinski definition) is 7. The van der Waals surface area contributed by atoms with Crippen molar-refractivity contribution in [2.75, 3.05) is 38.2 Å². The molecule has 246 valence electrons. The normalized spacial score (nSPS) is 15.0. The largest absolute Gasteiger partial charge is 0.497 e. The molecule has 12 nitrogen and oxygen atoms in total. The number of fused-ring (bicyclic) bond motifs is 1. The molecule has 0 amide bonds. The highest BCUT2D eigenvalue weighted by Gasteiger charge is 2.38. The molecule has 2 unspecified atom stereocenters. The van der Waals surface area contributed by atoms with Gasteiger partial charge in [-0.15, -0.1) is 4.41 Å². The van der Waals surface area contributed by atoms with E-state index in [0.717, 1.165) is 21.2 Å². The molecule has 1 aliphatic rings. The number of carboxylic acid groups (broad SMARTS) is 1. The van der Waals surface area contributed by atoms with Gasteiger partial charge < -0.3 is 14.7 Å². The Morgan fingerprint density at radius 1 is 0.957 bits per heavy atom. The Morgan fingerprint density at radius 3 is 2.15 bits per heavy atom. The van der Waals surface area contributed by atoms with E-state index in [-0.39, 0.29) is 18.0 Å². The number of hydrogen-bond donors (Lipinski definition) is 2. The molecule has 1 saturated heterocycles. The zero-order valence-electron chi connectivity index (χ0n) is 26.6. The highest BCUT2D eigenvalue weighted by Crippen LogP contribution is 2.22. The molecule has 4 aromatic rings. The van der Waals surface area contributed by atoms with Crippen LogP contribution in [0.1, 0.15) is 30.5 Å². The number of aromatic nitrogens is 2. The second kappa shape index (κ2) is 14.4. The highest BCUT2D eigenvalue weighted by atomic mass is 32.2. The maximum Gasteiger partial charge on any atom is 0.331 e. The summed E-state index contributed by atoms with van der Waals surface area (Å²) in [5.41, 5.74) is 2.89. The van der Waals surface area contributed by atoms with Crippen LogP contribution < -0.4 is 20.9 Å². The molecule has 3 aromatic carbocycles. The van der Waals surface area contributed by atoms with Gasteiger partial charge in [-0.1, -0.05) is 37.8 Å². The van der Waals surface area contributed by atoms with E-state index in [1.807, 2.05) is 36.4 Å². The number of hydrazine groups is 1. The van der Waals surface area contributed by atoms with Gasteiger partial charge in [0.1, 0.15) is 11.8 Å². The summed E-state index contributed by atoms with van der Waals surface area (Å²) in [5, 5.41) is 11.7. The lowest BCUT2D eigenvalue weighted by Crippen LogP contribution is -2.60. The third kappa shape index (κ3) is 7.31. The fraction of sp³-hybridized carbons (Fsp3) is 0.324. The van der Waals surface area contributed by atoms with E-state index in [2.05, 4.69) is 16.7 Å². The molecule has 5 rings (SSSR count). The van der Waals surface area contributed by atoms with Crippen LogP contribution in [-0.4, -0.2) is 77.7 Å². The number of ether oxygens (including phenoxy) is 1. The van der Waals surface area contributed by atoms with Gasteiger partial charge in [-0.05, 0) is 66.1 Å². The van der Waals surface area contributed by atoms with Crippen LogP contribution >= 0.6 is 0 Å². The molecular formula is C34H37N5O7S. The van der Waals surface area contributed by atoms with Crippen molar-refractivity contribution in [1.82, 2.24) is 18.6 Å². The van der Waals surface area contributed by atoms with E-state index < -0.39 is 29.0 Å². The number of methoxy groups -OCH3 is 1. The number of carboxylic acids is 1. The van der Waals surface area contributed by atoms with Gasteiger partial charge in [-0.3, -0.25) is 23.3 Å². The molecule has 2 N–H and O–H groups in total. The predicted octanol–water partition coefficient (Wildman–Crippen LogP) is 2.74. The molecule has 1 aliphatic heterocycles. The summed E-state index contributed by atoms with van der Waals surface area (Å²) in [6.45, 7) is 5.41. The Morgan fingerprint density at radius 2 is 1.57 bits per heavy atom. The summed E-state index contributed by atoms with van der Waals surface area (Å²) in [6, 6.07) is 19.0. The van der Waals surface area contributed by atoms with Gasteiger partial charge in [0, 0.05) is 50.0 Å². The van der Waals surface area contributed by atoms with E-state index in [0.29, 0.717) is 48.4 Å². The number of aliphatic carboxylic acids is 1. The highest BCUT2D eigenvalue weighted by molar-refractivity contribution is 7.76. The van der Waals surface area contributed by atoms with Gasteiger partial charge in [-0.25, -0.2) is 14.0 Å². The molecule has 2 atom stereocenters. The molecular weight excluding hydrogens is 622 g/mol. The summed E-state index contributed by atoms with van der Waals surface area (Å²) in [5.74, 6) is 5.46. The van der Waals surface area contributed by atoms with Crippen LogP contribution in [0, 0.1) is 17.8 Å². The van der Waals surface area contributed by atoms with E-state index in [1.165, 1.54) is 9.13 Å². The van der Waals surface area contributed by atoms with Crippen LogP contribution in [-0.2, 0) is 29.7 Å².